The van der Waals surface area contributed by atoms with Crippen molar-refractivity contribution in [3.63, 3.8) is 0 Å². The normalized spacial score (nSPS) is 23.8. The van der Waals surface area contributed by atoms with Crippen molar-refractivity contribution in [1.29, 1.82) is 0 Å². The predicted octanol–water partition coefficient (Wildman–Crippen LogP) is 1.82. The fraction of sp³-hybridized carbons (Fsp3) is 0.632. The molecule has 25 heavy (non-hydrogen) atoms. The van der Waals surface area contributed by atoms with Crippen molar-refractivity contribution in [3.05, 3.63) is 24.5 Å². The van der Waals surface area contributed by atoms with Crippen LogP contribution >= 0.6 is 0 Å². The van der Waals surface area contributed by atoms with Crippen molar-refractivity contribution in [2.45, 2.75) is 45.1 Å². The monoisotopic (exact) mass is 344 g/mol. The van der Waals surface area contributed by atoms with E-state index in [0.717, 1.165) is 44.5 Å². The van der Waals surface area contributed by atoms with Crippen molar-refractivity contribution < 1.29 is 9.59 Å². The van der Waals surface area contributed by atoms with Crippen LogP contribution in [0.2, 0.25) is 0 Å². The zero-order valence-corrected chi connectivity index (χ0v) is 15.0. The van der Waals surface area contributed by atoms with Crippen LogP contribution in [0.4, 0.5) is 5.69 Å². The predicted molar refractivity (Wildman–Crippen MR) is 97.2 cm³/mol. The van der Waals surface area contributed by atoms with Crippen LogP contribution in [0.15, 0.2) is 24.5 Å². The molecule has 0 aromatic carbocycles. The summed E-state index contributed by atoms with van der Waals surface area (Å²) in [5, 5.41) is 3.19. The zero-order valence-electron chi connectivity index (χ0n) is 15.0. The Bertz CT molecular complexity index is 592. The Balaban J connectivity index is 1.59. The molecule has 0 saturated carbocycles. The number of carbonyl (C=O) groups excluding carboxylic acids is 2. The average molecular weight is 344 g/mol. The minimum absolute atomic E-state index is 0.0297. The maximum absolute atomic E-state index is 12.5. The number of pyridine rings is 1. The van der Waals surface area contributed by atoms with Crippen LogP contribution in [0.1, 0.15) is 39.0 Å². The third-order valence-electron chi connectivity index (χ3n) is 5.23. The lowest BCUT2D eigenvalue weighted by molar-refractivity contribution is -0.138. The molecule has 1 aromatic heterocycles. The fourth-order valence-corrected chi connectivity index (χ4v) is 3.92. The molecule has 0 aliphatic carbocycles. The van der Waals surface area contributed by atoms with E-state index in [-0.39, 0.29) is 24.4 Å². The number of carbonyl (C=O) groups is 2. The van der Waals surface area contributed by atoms with Gasteiger partial charge in [-0.1, -0.05) is 13.3 Å². The Morgan fingerprint density at radius 2 is 2.08 bits per heavy atom. The minimum Gasteiger partial charge on any atom is -0.369 e. The molecule has 1 aromatic rings. The number of nitrogens with zero attached hydrogens (tertiary/aromatic N) is 3. The summed E-state index contributed by atoms with van der Waals surface area (Å²) in [5.41, 5.74) is 1.15. The van der Waals surface area contributed by atoms with Crippen molar-refractivity contribution in [3.8, 4) is 0 Å². The van der Waals surface area contributed by atoms with Crippen LogP contribution in [0.25, 0.3) is 0 Å². The van der Waals surface area contributed by atoms with E-state index in [2.05, 4.69) is 22.1 Å². The summed E-state index contributed by atoms with van der Waals surface area (Å²) in [6.07, 6.45) is 8.32. The van der Waals surface area contributed by atoms with E-state index in [1.165, 1.54) is 0 Å². The van der Waals surface area contributed by atoms with Crippen LogP contribution < -0.4 is 10.2 Å². The van der Waals surface area contributed by atoms with E-state index in [9.17, 15) is 9.59 Å². The molecule has 0 radical (unpaired) electrons. The Morgan fingerprint density at radius 1 is 1.28 bits per heavy atom. The zero-order chi connectivity index (χ0) is 17.6. The molecule has 2 aliphatic heterocycles. The number of likely N-dealkylation sites (tertiary alicyclic amines) is 1. The van der Waals surface area contributed by atoms with Gasteiger partial charge in [0.05, 0.1) is 12.6 Å². The number of anilines is 1. The molecule has 0 unspecified atom stereocenters. The van der Waals surface area contributed by atoms with Crippen LogP contribution in [-0.4, -0.2) is 53.9 Å². The van der Waals surface area contributed by atoms with Crippen molar-refractivity contribution in [2.24, 2.45) is 5.92 Å². The van der Waals surface area contributed by atoms with Crippen molar-refractivity contribution >= 4 is 17.5 Å². The lowest BCUT2D eigenvalue weighted by Crippen LogP contribution is -2.47. The Labute approximate surface area is 149 Å². The number of aromatic nitrogens is 1. The van der Waals surface area contributed by atoms with Crippen LogP contribution in [0.3, 0.4) is 0 Å². The highest BCUT2D eigenvalue weighted by Gasteiger charge is 2.33. The molecule has 1 N–H and O–H groups in total. The maximum Gasteiger partial charge on any atom is 0.239 e. The second-order valence-electron chi connectivity index (χ2n) is 7.11. The van der Waals surface area contributed by atoms with Gasteiger partial charge in [-0.3, -0.25) is 14.6 Å². The van der Waals surface area contributed by atoms with Gasteiger partial charge in [-0.25, -0.2) is 0 Å². The van der Waals surface area contributed by atoms with E-state index in [1.54, 1.807) is 17.3 Å². The second-order valence-corrected chi connectivity index (χ2v) is 7.11. The first-order valence-corrected chi connectivity index (χ1v) is 9.39. The summed E-state index contributed by atoms with van der Waals surface area (Å²) in [7, 11) is 0. The maximum atomic E-state index is 12.5. The molecule has 6 nitrogen and oxygen atoms in total. The van der Waals surface area contributed by atoms with Gasteiger partial charge in [0.1, 0.15) is 0 Å². The second kappa shape index (κ2) is 8.32. The van der Waals surface area contributed by atoms with Gasteiger partial charge in [-0.05, 0) is 37.3 Å². The van der Waals surface area contributed by atoms with Crippen LogP contribution in [0, 0.1) is 5.92 Å². The molecule has 2 atom stereocenters. The molecular formula is C19H28N4O2. The van der Waals surface area contributed by atoms with E-state index in [4.69, 9.17) is 0 Å². The molecular weight excluding hydrogens is 316 g/mol. The molecule has 2 saturated heterocycles. The first-order chi connectivity index (χ1) is 12.2. The molecule has 3 heterocycles. The number of rotatable bonds is 6. The van der Waals surface area contributed by atoms with E-state index in [0.29, 0.717) is 18.9 Å². The molecule has 2 aliphatic rings. The molecule has 3 rings (SSSR count). The Hall–Kier alpha value is -2.11. The summed E-state index contributed by atoms with van der Waals surface area (Å²) in [4.78, 5) is 32.5. The van der Waals surface area contributed by atoms with E-state index >= 15 is 0 Å². The first kappa shape index (κ1) is 17.7. The Morgan fingerprint density at radius 3 is 2.80 bits per heavy atom. The van der Waals surface area contributed by atoms with Gasteiger partial charge in [0.15, 0.2) is 0 Å². The van der Waals surface area contributed by atoms with Crippen LogP contribution in [0.5, 0.6) is 0 Å². The molecule has 0 spiro atoms. The third-order valence-corrected chi connectivity index (χ3v) is 5.23. The molecule has 6 heteroatoms. The van der Waals surface area contributed by atoms with Gasteiger partial charge < -0.3 is 15.1 Å². The average Bonchev–Trinajstić information content (AvgIpc) is 3.01. The quantitative estimate of drug-likeness (QED) is 0.855. The number of piperidine rings is 1. The summed E-state index contributed by atoms with van der Waals surface area (Å²) in [5.74, 6) is 0.522. The fourth-order valence-electron chi connectivity index (χ4n) is 3.92. The van der Waals surface area contributed by atoms with Crippen molar-refractivity contribution in [2.75, 3.05) is 31.1 Å². The molecule has 2 fully saturated rings. The standard InChI is InChI=1S/C19H28N4O2/c1-2-5-15-12-23(16-7-9-20-10-8-16)13-17(15)21-18(24)14-22-11-4-3-6-19(22)25/h7-10,15,17H,2-6,11-14H2,1H3,(H,21,24)/t15-,17-/m1/s1. The number of hydrogen-bond acceptors (Lipinski definition) is 4. The molecule has 0 bridgehead atoms. The first-order valence-electron chi connectivity index (χ1n) is 9.39. The van der Waals surface area contributed by atoms with E-state index < -0.39 is 0 Å². The highest BCUT2D eigenvalue weighted by molar-refractivity contribution is 5.85. The highest BCUT2D eigenvalue weighted by atomic mass is 16.2. The Kier molecular flexibility index (Phi) is 5.89. The van der Waals surface area contributed by atoms with Gasteiger partial charge in [-0.15, -0.1) is 0 Å². The van der Waals surface area contributed by atoms with Gasteiger partial charge >= 0.3 is 0 Å². The summed E-state index contributed by atoms with van der Waals surface area (Å²) >= 11 is 0. The highest BCUT2D eigenvalue weighted by Crippen LogP contribution is 2.26. The largest absolute Gasteiger partial charge is 0.369 e. The molecule has 136 valence electrons. The lowest BCUT2D eigenvalue weighted by atomic mass is 9.98. The van der Waals surface area contributed by atoms with Gasteiger partial charge in [-0.2, -0.15) is 0 Å². The molecule has 2 amide bonds. The third kappa shape index (κ3) is 4.50. The van der Waals surface area contributed by atoms with Gasteiger partial charge in [0.2, 0.25) is 11.8 Å². The van der Waals surface area contributed by atoms with Gasteiger partial charge in [0, 0.05) is 44.1 Å². The smallest absolute Gasteiger partial charge is 0.239 e. The van der Waals surface area contributed by atoms with Crippen LogP contribution in [-0.2, 0) is 9.59 Å². The summed E-state index contributed by atoms with van der Waals surface area (Å²) < 4.78 is 0. The summed E-state index contributed by atoms with van der Waals surface area (Å²) in [6, 6.07) is 4.17. The number of hydrogen-bond donors (Lipinski definition) is 1. The van der Waals surface area contributed by atoms with Crippen molar-refractivity contribution in [1.82, 2.24) is 15.2 Å². The van der Waals surface area contributed by atoms with E-state index in [1.807, 2.05) is 12.1 Å². The minimum atomic E-state index is -0.0297. The number of amides is 2. The van der Waals surface area contributed by atoms with Gasteiger partial charge in [0.25, 0.3) is 0 Å². The lowest BCUT2D eigenvalue weighted by Gasteiger charge is -2.27. The topological polar surface area (TPSA) is 65.5 Å². The SMILES string of the molecule is CCC[C@@H]1CN(c2ccncc2)C[C@H]1NC(=O)CN1CCCCC1=O. The number of nitrogens with one attached hydrogen (secondary N) is 1. The summed E-state index contributed by atoms with van der Waals surface area (Å²) in [6.45, 7) is 4.85.